The maximum absolute atomic E-state index is 11.6. The molecule has 2 N–H and O–H groups in total. The smallest absolute Gasteiger partial charge is 0.319 e. The quantitative estimate of drug-likeness (QED) is 0.897. The number of nitrogens with zero attached hydrogens (tertiary/aromatic N) is 1. The normalized spacial score (nSPS) is 10.1. The van der Waals surface area contributed by atoms with Crippen molar-refractivity contribution >= 4 is 23.3 Å². The molecule has 1 aromatic heterocycles. The molecule has 0 unspecified atom stereocenters. The Morgan fingerprint density at radius 2 is 2.33 bits per heavy atom. The topological polar surface area (TPSA) is 67.2 Å². The van der Waals surface area contributed by atoms with E-state index in [-0.39, 0.29) is 12.6 Å². The van der Waals surface area contributed by atoms with E-state index in [1.807, 2.05) is 0 Å². The van der Waals surface area contributed by atoms with Crippen LogP contribution >= 0.6 is 11.6 Å². The van der Waals surface area contributed by atoms with E-state index in [9.17, 15) is 4.79 Å². The highest BCUT2D eigenvalue weighted by Crippen LogP contribution is 2.14. The molecule has 0 atom stereocenters. The Balaban J connectivity index is 1.85. The summed E-state index contributed by atoms with van der Waals surface area (Å²) in [4.78, 5) is 15.5. The molecule has 2 aromatic rings. The van der Waals surface area contributed by atoms with Gasteiger partial charge in [-0.05, 0) is 25.1 Å². The van der Waals surface area contributed by atoms with Crippen molar-refractivity contribution in [3.63, 3.8) is 0 Å². The summed E-state index contributed by atoms with van der Waals surface area (Å²) in [5.74, 6) is 1.18. The van der Waals surface area contributed by atoms with Crippen LogP contribution in [0, 0.1) is 6.92 Å². The van der Waals surface area contributed by atoms with Crippen molar-refractivity contribution in [1.29, 1.82) is 0 Å². The molecule has 0 saturated carbocycles. The van der Waals surface area contributed by atoms with Crippen LogP contribution in [0.2, 0.25) is 5.02 Å². The first-order valence-electron chi connectivity index (χ1n) is 5.35. The zero-order valence-electron chi connectivity index (χ0n) is 9.74. The van der Waals surface area contributed by atoms with Gasteiger partial charge in [-0.2, -0.15) is 0 Å². The lowest BCUT2D eigenvalue weighted by atomic mass is 10.3. The number of anilines is 1. The number of nitrogens with one attached hydrogen (secondary N) is 2. The molecule has 0 aliphatic heterocycles. The van der Waals surface area contributed by atoms with Gasteiger partial charge in [0.15, 0.2) is 0 Å². The number of benzene rings is 1. The lowest BCUT2D eigenvalue weighted by Crippen LogP contribution is -2.28. The number of rotatable bonds is 3. The standard InChI is InChI=1S/C12H12ClN3O2/c1-8-6-14-11(18-8)7-15-12(17)16-10-4-2-3-9(13)5-10/h2-6H,7H2,1H3,(H2,15,16,17). The molecular weight excluding hydrogens is 254 g/mol. The number of carbonyl (C=O) groups is 1. The van der Waals surface area contributed by atoms with Crippen molar-refractivity contribution < 1.29 is 9.21 Å². The zero-order chi connectivity index (χ0) is 13.0. The van der Waals surface area contributed by atoms with Crippen LogP contribution in [0.4, 0.5) is 10.5 Å². The average molecular weight is 266 g/mol. The average Bonchev–Trinajstić information content (AvgIpc) is 2.73. The van der Waals surface area contributed by atoms with Gasteiger partial charge in [0, 0.05) is 10.7 Å². The predicted molar refractivity (Wildman–Crippen MR) is 68.6 cm³/mol. The van der Waals surface area contributed by atoms with Crippen LogP contribution in [0.5, 0.6) is 0 Å². The Labute approximate surface area is 109 Å². The Morgan fingerprint density at radius 3 is 3.00 bits per heavy atom. The number of urea groups is 1. The van der Waals surface area contributed by atoms with E-state index in [0.29, 0.717) is 22.4 Å². The van der Waals surface area contributed by atoms with Gasteiger partial charge in [-0.1, -0.05) is 17.7 Å². The third kappa shape index (κ3) is 3.49. The van der Waals surface area contributed by atoms with E-state index >= 15 is 0 Å². The number of amides is 2. The van der Waals surface area contributed by atoms with Gasteiger partial charge in [0.25, 0.3) is 0 Å². The minimum Gasteiger partial charge on any atom is -0.444 e. The second kappa shape index (κ2) is 5.55. The minimum absolute atomic E-state index is 0.236. The van der Waals surface area contributed by atoms with Gasteiger partial charge < -0.3 is 15.1 Å². The van der Waals surface area contributed by atoms with Crippen LogP contribution in [0.3, 0.4) is 0 Å². The molecule has 0 spiro atoms. The molecule has 0 aliphatic carbocycles. The fraction of sp³-hybridized carbons (Fsp3) is 0.167. The van der Waals surface area contributed by atoms with E-state index < -0.39 is 0 Å². The largest absolute Gasteiger partial charge is 0.444 e. The number of carbonyl (C=O) groups excluding carboxylic acids is 1. The molecule has 2 amide bonds. The van der Waals surface area contributed by atoms with Crippen LogP contribution in [0.25, 0.3) is 0 Å². The van der Waals surface area contributed by atoms with E-state index in [4.69, 9.17) is 16.0 Å². The number of hydrogen-bond donors (Lipinski definition) is 2. The summed E-state index contributed by atoms with van der Waals surface area (Å²) in [6.07, 6.45) is 1.60. The van der Waals surface area contributed by atoms with Crippen molar-refractivity contribution in [2.24, 2.45) is 0 Å². The number of hydrogen-bond acceptors (Lipinski definition) is 3. The first kappa shape index (κ1) is 12.4. The summed E-state index contributed by atoms with van der Waals surface area (Å²) in [6.45, 7) is 2.03. The maximum atomic E-state index is 11.6. The third-order valence-corrected chi connectivity index (χ3v) is 2.39. The van der Waals surface area contributed by atoms with E-state index in [1.54, 1.807) is 37.4 Å². The van der Waals surface area contributed by atoms with Crippen LogP contribution in [0.15, 0.2) is 34.9 Å². The van der Waals surface area contributed by atoms with E-state index in [1.165, 1.54) is 0 Å². The molecule has 0 bridgehead atoms. The highest BCUT2D eigenvalue weighted by molar-refractivity contribution is 6.30. The molecule has 2 rings (SSSR count). The first-order valence-corrected chi connectivity index (χ1v) is 5.73. The van der Waals surface area contributed by atoms with Crippen molar-refractivity contribution in [3.8, 4) is 0 Å². The van der Waals surface area contributed by atoms with Crippen molar-refractivity contribution in [1.82, 2.24) is 10.3 Å². The van der Waals surface area contributed by atoms with Gasteiger partial charge in [-0.25, -0.2) is 9.78 Å². The fourth-order valence-corrected chi connectivity index (χ4v) is 1.57. The first-order chi connectivity index (χ1) is 8.63. The summed E-state index contributed by atoms with van der Waals surface area (Å²) in [5.41, 5.74) is 0.628. The van der Waals surface area contributed by atoms with Gasteiger partial charge in [0.05, 0.1) is 12.7 Å². The second-order valence-corrected chi connectivity index (χ2v) is 4.12. The summed E-state index contributed by atoms with van der Waals surface area (Å²) in [6, 6.07) is 6.57. The van der Waals surface area contributed by atoms with E-state index in [2.05, 4.69) is 15.6 Å². The highest BCUT2D eigenvalue weighted by atomic mass is 35.5. The second-order valence-electron chi connectivity index (χ2n) is 3.68. The van der Waals surface area contributed by atoms with Gasteiger partial charge >= 0.3 is 6.03 Å². The van der Waals surface area contributed by atoms with Gasteiger partial charge in [0.2, 0.25) is 5.89 Å². The fourth-order valence-electron chi connectivity index (χ4n) is 1.38. The Morgan fingerprint density at radius 1 is 1.50 bits per heavy atom. The number of aryl methyl sites for hydroxylation is 1. The monoisotopic (exact) mass is 265 g/mol. The van der Waals surface area contributed by atoms with Gasteiger partial charge in [-0.15, -0.1) is 0 Å². The Bertz CT molecular complexity index is 554. The SMILES string of the molecule is Cc1cnc(CNC(=O)Nc2cccc(Cl)c2)o1. The molecule has 6 heteroatoms. The maximum Gasteiger partial charge on any atom is 0.319 e. The summed E-state index contributed by atoms with van der Waals surface area (Å²) < 4.78 is 5.23. The minimum atomic E-state index is -0.340. The van der Waals surface area contributed by atoms with Crippen molar-refractivity contribution in [2.45, 2.75) is 13.5 Å². The molecule has 0 fully saturated rings. The van der Waals surface area contributed by atoms with Crippen molar-refractivity contribution in [3.05, 3.63) is 47.1 Å². The zero-order valence-corrected chi connectivity index (χ0v) is 10.5. The molecule has 0 radical (unpaired) electrons. The summed E-state index contributed by atoms with van der Waals surface area (Å²) in [5, 5.41) is 5.85. The molecule has 1 heterocycles. The summed E-state index contributed by atoms with van der Waals surface area (Å²) in [7, 11) is 0. The third-order valence-electron chi connectivity index (χ3n) is 2.15. The molecule has 0 aliphatic rings. The highest BCUT2D eigenvalue weighted by Gasteiger charge is 2.05. The van der Waals surface area contributed by atoms with Crippen LogP contribution in [-0.4, -0.2) is 11.0 Å². The van der Waals surface area contributed by atoms with Crippen LogP contribution < -0.4 is 10.6 Å². The summed E-state index contributed by atoms with van der Waals surface area (Å²) >= 11 is 5.81. The van der Waals surface area contributed by atoms with E-state index in [0.717, 1.165) is 0 Å². The number of oxazole rings is 1. The Kier molecular flexibility index (Phi) is 3.84. The molecular formula is C12H12ClN3O2. The Hall–Kier alpha value is -2.01. The number of aromatic nitrogens is 1. The van der Waals surface area contributed by atoms with Gasteiger partial charge in [0.1, 0.15) is 5.76 Å². The molecule has 1 aromatic carbocycles. The van der Waals surface area contributed by atoms with Crippen LogP contribution in [0.1, 0.15) is 11.7 Å². The molecule has 18 heavy (non-hydrogen) atoms. The molecule has 94 valence electrons. The van der Waals surface area contributed by atoms with Gasteiger partial charge in [-0.3, -0.25) is 0 Å². The lowest BCUT2D eigenvalue weighted by molar-refractivity contribution is 0.250. The number of halogens is 1. The predicted octanol–water partition coefficient (Wildman–Crippen LogP) is 2.96. The van der Waals surface area contributed by atoms with Crippen molar-refractivity contribution in [2.75, 3.05) is 5.32 Å². The molecule has 0 saturated heterocycles. The molecule has 5 nitrogen and oxygen atoms in total. The lowest BCUT2D eigenvalue weighted by Gasteiger charge is -2.06. The van der Waals surface area contributed by atoms with Crippen LogP contribution in [-0.2, 0) is 6.54 Å².